The standard InChI is InChI=1S/C26H28ClN5O2/c1-18-25(27)19(2)32(29-18)23-6-3-20(4-7-23)26(33)28-22-5-8-24-21(17-22)9-10-31(24)12-11-30-13-15-34-16-14-30/h3-10,17H,11-16H2,1-2H3,(H,28,33). The van der Waals surface area contributed by atoms with E-state index in [4.69, 9.17) is 16.3 Å². The lowest BCUT2D eigenvalue weighted by molar-refractivity contribution is 0.0365. The lowest BCUT2D eigenvalue weighted by Crippen LogP contribution is -2.38. The van der Waals surface area contributed by atoms with Gasteiger partial charge < -0.3 is 14.6 Å². The zero-order valence-electron chi connectivity index (χ0n) is 19.4. The summed E-state index contributed by atoms with van der Waals surface area (Å²) < 4.78 is 9.48. The number of fused-ring (bicyclic) bond motifs is 1. The van der Waals surface area contributed by atoms with Crippen LogP contribution in [0.4, 0.5) is 5.69 Å². The first-order valence-electron chi connectivity index (χ1n) is 11.5. The van der Waals surface area contributed by atoms with E-state index in [1.807, 2.05) is 38.1 Å². The first-order valence-corrected chi connectivity index (χ1v) is 11.9. The summed E-state index contributed by atoms with van der Waals surface area (Å²) in [6.45, 7) is 9.35. The number of carbonyl (C=O) groups is 1. The fourth-order valence-corrected chi connectivity index (χ4v) is 4.50. The van der Waals surface area contributed by atoms with E-state index in [9.17, 15) is 4.79 Å². The Morgan fingerprint density at radius 1 is 1.06 bits per heavy atom. The number of nitrogens with one attached hydrogen (secondary N) is 1. The van der Waals surface area contributed by atoms with Gasteiger partial charge in [-0.25, -0.2) is 4.68 Å². The zero-order chi connectivity index (χ0) is 23.7. The third-order valence-corrected chi connectivity index (χ3v) is 6.91. The van der Waals surface area contributed by atoms with Gasteiger partial charge in [0, 0.05) is 54.5 Å². The number of ether oxygens (including phenoxy) is 1. The normalized spacial score (nSPS) is 14.6. The number of rotatable bonds is 6. The molecule has 1 amide bonds. The van der Waals surface area contributed by atoms with Gasteiger partial charge in [0.1, 0.15) is 0 Å². The topological polar surface area (TPSA) is 64.3 Å². The van der Waals surface area contributed by atoms with E-state index in [0.717, 1.165) is 67.5 Å². The van der Waals surface area contributed by atoms with E-state index in [2.05, 4.69) is 38.2 Å². The summed E-state index contributed by atoms with van der Waals surface area (Å²) in [6, 6.07) is 15.5. The second-order valence-corrected chi connectivity index (χ2v) is 9.01. The van der Waals surface area contributed by atoms with Crippen LogP contribution in [-0.4, -0.2) is 58.0 Å². The number of hydrogen-bond acceptors (Lipinski definition) is 4. The molecule has 8 heteroatoms. The SMILES string of the molecule is Cc1nn(-c2ccc(C(=O)Nc3ccc4c(ccn4CCN4CCOCC4)c3)cc2)c(C)c1Cl. The number of aromatic nitrogens is 3. The molecule has 1 saturated heterocycles. The minimum atomic E-state index is -0.149. The Morgan fingerprint density at radius 2 is 1.82 bits per heavy atom. The van der Waals surface area contributed by atoms with Gasteiger partial charge >= 0.3 is 0 Å². The number of aryl methyl sites for hydroxylation is 1. The number of amides is 1. The lowest BCUT2D eigenvalue weighted by Gasteiger charge is -2.26. The molecule has 0 bridgehead atoms. The van der Waals surface area contributed by atoms with Crippen LogP contribution >= 0.6 is 11.6 Å². The van der Waals surface area contributed by atoms with Crippen LogP contribution in [0.5, 0.6) is 0 Å². The Balaban J connectivity index is 1.25. The molecule has 176 valence electrons. The molecule has 34 heavy (non-hydrogen) atoms. The lowest BCUT2D eigenvalue weighted by atomic mass is 10.1. The quantitative estimate of drug-likeness (QED) is 0.438. The van der Waals surface area contributed by atoms with Crippen LogP contribution in [-0.2, 0) is 11.3 Å². The summed E-state index contributed by atoms with van der Waals surface area (Å²) in [6.07, 6.45) is 2.11. The van der Waals surface area contributed by atoms with Gasteiger partial charge in [0.15, 0.2) is 0 Å². The van der Waals surface area contributed by atoms with E-state index in [0.29, 0.717) is 10.6 Å². The third-order valence-electron chi connectivity index (χ3n) is 6.37. The maximum atomic E-state index is 12.8. The molecular weight excluding hydrogens is 450 g/mol. The smallest absolute Gasteiger partial charge is 0.255 e. The average molecular weight is 478 g/mol. The summed E-state index contributed by atoms with van der Waals surface area (Å²) in [5, 5.41) is 9.25. The Kier molecular flexibility index (Phi) is 6.41. The van der Waals surface area contributed by atoms with Crippen molar-refractivity contribution in [3.8, 4) is 5.69 Å². The van der Waals surface area contributed by atoms with Gasteiger partial charge in [-0.15, -0.1) is 0 Å². The van der Waals surface area contributed by atoms with Crippen molar-refractivity contribution in [2.24, 2.45) is 0 Å². The van der Waals surface area contributed by atoms with Crippen molar-refractivity contribution in [2.75, 3.05) is 38.2 Å². The van der Waals surface area contributed by atoms with Crippen molar-refractivity contribution < 1.29 is 9.53 Å². The molecule has 3 heterocycles. The molecule has 1 fully saturated rings. The van der Waals surface area contributed by atoms with E-state index in [-0.39, 0.29) is 5.91 Å². The van der Waals surface area contributed by atoms with Gasteiger partial charge in [0.25, 0.3) is 5.91 Å². The van der Waals surface area contributed by atoms with Crippen molar-refractivity contribution in [1.82, 2.24) is 19.2 Å². The summed E-state index contributed by atoms with van der Waals surface area (Å²) in [5.41, 5.74) is 5.05. The van der Waals surface area contributed by atoms with E-state index < -0.39 is 0 Å². The van der Waals surface area contributed by atoms with E-state index in [1.165, 1.54) is 5.52 Å². The average Bonchev–Trinajstić information content (AvgIpc) is 3.38. The molecule has 0 spiro atoms. The largest absolute Gasteiger partial charge is 0.379 e. The highest BCUT2D eigenvalue weighted by Gasteiger charge is 2.13. The molecule has 2 aromatic heterocycles. The van der Waals surface area contributed by atoms with Crippen LogP contribution < -0.4 is 5.32 Å². The van der Waals surface area contributed by atoms with Crippen molar-refractivity contribution >= 4 is 34.1 Å². The predicted octanol–water partition coefficient (Wildman–Crippen LogP) is 4.68. The first kappa shape index (κ1) is 22.7. The van der Waals surface area contributed by atoms with Crippen LogP contribution in [0.1, 0.15) is 21.7 Å². The van der Waals surface area contributed by atoms with Crippen LogP contribution in [0.2, 0.25) is 5.02 Å². The molecule has 2 aromatic carbocycles. The maximum absolute atomic E-state index is 12.8. The molecule has 0 atom stereocenters. The van der Waals surface area contributed by atoms with Crippen LogP contribution in [0.15, 0.2) is 54.7 Å². The van der Waals surface area contributed by atoms with Crippen LogP contribution in [0, 0.1) is 13.8 Å². The molecule has 0 saturated carbocycles. The van der Waals surface area contributed by atoms with Gasteiger partial charge in [-0.05, 0) is 62.4 Å². The highest BCUT2D eigenvalue weighted by molar-refractivity contribution is 6.31. The Morgan fingerprint density at radius 3 is 2.53 bits per heavy atom. The molecule has 5 rings (SSSR count). The number of morpholine rings is 1. The number of carbonyl (C=O) groups excluding carboxylic acids is 1. The maximum Gasteiger partial charge on any atom is 0.255 e. The number of anilines is 1. The number of hydrogen-bond donors (Lipinski definition) is 1. The second kappa shape index (κ2) is 9.62. The van der Waals surface area contributed by atoms with Gasteiger partial charge in [-0.1, -0.05) is 11.6 Å². The molecule has 4 aromatic rings. The van der Waals surface area contributed by atoms with Crippen LogP contribution in [0.25, 0.3) is 16.6 Å². The molecular formula is C26H28ClN5O2. The molecule has 0 radical (unpaired) electrons. The van der Waals surface area contributed by atoms with Gasteiger partial charge in [0.05, 0.1) is 35.3 Å². The summed E-state index contributed by atoms with van der Waals surface area (Å²) >= 11 is 6.26. The Labute approximate surface area is 203 Å². The summed E-state index contributed by atoms with van der Waals surface area (Å²) in [5.74, 6) is -0.149. The fourth-order valence-electron chi connectivity index (χ4n) is 4.38. The first-order chi connectivity index (χ1) is 16.5. The Bertz CT molecular complexity index is 1320. The zero-order valence-corrected chi connectivity index (χ0v) is 20.2. The van der Waals surface area contributed by atoms with Crippen molar-refractivity contribution in [2.45, 2.75) is 20.4 Å². The summed E-state index contributed by atoms with van der Waals surface area (Å²) in [4.78, 5) is 15.3. The van der Waals surface area contributed by atoms with Gasteiger partial charge in [-0.2, -0.15) is 5.10 Å². The van der Waals surface area contributed by atoms with E-state index in [1.54, 1.807) is 16.8 Å². The molecule has 1 aliphatic heterocycles. The van der Waals surface area contributed by atoms with Crippen LogP contribution in [0.3, 0.4) is 0 Å². The highest BCUT2D eigenvalue weighted by atomic mass is 35.5. The molecule has 0 unspecified atom stereocenters. The second-order valence-electron chi connectivity index (χ2n) is 8.63. The highest BCUT2D eigenvalue weighted by Crippen LogP contribution is 2.24. The van der Waals surface area contributed by atoms with Crippen molar-refractivity contribution in [3.05, 3.63) is 76.7 Å². The van der Waals surface area contributed by atoms with Gasteiger partial charge in [-0.3, -0.25) is 9.69 Å². The van der Waals surface area contributed by atoms with Gasteiger partial charge in [0.2, 0.25) is 0 Å². The number of halogens is 1. The number of nitrogens with zero attached hydrogens (tertiary/aromatic N) is 4. The van der Waals surface area contributed by atoms with Crippen molar-refractivity contribution in [3.63, 3.8) is 0 Å². The van der Waals surface area contributed by atoms with Crippen molar-refractivity contribution in [1.29, 1.82) is 0 Å². The molecule has 7 nitrogen and oxygen atoms in total. The molecule has 1 N–H and O–H groups in total. The minimum absolute atomic E-state index is 0.149. The minimum Gasteiger partial charge on any atom is -0.379 e. The van der Waals surface area contributed by atoms with E-state index >= 15 is 0 Å². The predicted molar refractivity (Wildman–Crippen MR) is 135 cm³/mol. The monoisotopic (exact) mass is 477 g/mol. The molecule has 0 aliphatic carbocycles. The molecule has 1 aliphatic rings. The third kappa shape index (κ3) is 4.59. The number of benzene rings is 2. The Hall–Kier alpha value is -3.13. The summed E-state index contributed by atoms with van der Waals surface area (Å²) in [7, 11) is 0. The fraction of sp³-hybridized carbons (Fsp3) is 0.308.